The molecule has 0 aromatic carbocycles. The summed E-state index contributed by atoms with van der Waals surface area (Å²) in [5.74, 6) is -0.212. The molecule has 0 aliphatic heterocycles. The highest BCUT2D eigenvalue weighted by atomic mass is 14.8. The van der Waals surface area contributed by atoms with Crippen LogP contribution < -0.4 is 0 Å². The van der Waals surface area contributed by atoms with Crippen molar-refractivity contribution in [3.63, 3.8) is 0 Å². The van der Waals surface area contributed by atoms with Gasteiger partial charge in [0.1, 0.15) is 0 Å². The second-order valence-electron chi connectivity index (χ2n) is 3.82. The van der Waals surface area contributed by atoms with Crippen LogP contribution in [0, 0.1) is 0 Å². The summed E-state index contributed by atoms with van der Waals surface area (Å²) in [6.07, 6.45) is 14.9. The number of rotatable bonds is 3. The molecule has 0 fully saturated rings. The highest BCUT2D eigenvalue weighted by molar-refractivity contribution is 5.29. The molecule has 0 amide bonds. The molecule has 92 valence electrons. The van der Waals surface area contributed by atoms with Crippen LogP contribution in [0.2, 0.25) is 0 Å². The summed E-state index contributed by atoms with van der Waals surface area (Å²) in [6.45, 7) is 0. The minimum atomic E-state index is -0.212. The van der Waals surface area contributed by atoms with Crippen LogP contribution in [0.4, 0.5) is 0 Å². The first kappa shape index (κ1) is 11.3. The van der Waals surface area contributed by atoms with Gasteiger partial charge in [0.05, 0.1) is 23.0 Å². The van der Waals surface area contributed by atoms with Crippen molar-refractivity contribution >= 4 is 0 Å². The first-order valence-electron chi connectivity index (χ1n) is 5.73. The molecule has 0 spiro atoms. The average Bonchev–Trinajstić information content (AvgIpc) is 2.51. The van der Waals surface area contributed by atoms with E-state index < -0.39 is 0 Å². The van der Waals surface area contributed by atoms with Gasteiger partial charge < -0.3 is 0 Å². The normalized spacial score (nSPS) is 10.6. The van der Waals surface area contributed by atoms with Gasteiger partial charge in [0, 0.05) is 55.8 Å². The van der Waals surface area contributed by atoms with Gasteiger partial charge in [-0.2, -0.15) is 0 Å². The van der Waals surface area contributed by atoms with Gasteiger partial charge in [-0.05, 0) is 0 Å². The summed E-state index contributed by atoms with van der Waals surface area (Å²) in [7, 11) is 0. The van der Waals surface area contributed by atoms with E-state index in [-0.39, 0.29) is 5.92 Å². The summed E-state index contributed by atoms with van der Waals surface area (Å²) >= 11 is 0. The topological polar surface area (TPSA) is 77.3 Å². The standard InChI is InChI=1S/C13H10N6/c1-4-17-10(7-14-1)13(11-8-15-2-5-18-11)12-9-16-3-6-19-12/h1-9,13H. The van der Waals surface area contributed by atoms with E-state index in [9.17, 15) is 0 Å². The molecular weight excluding hydrogens is 240 g/mol. The van der Waals surface area contributed by atoms with E-state index in [1.165, 1.54) is 0 Å². The predicted molar refractivity (Wildman–Crippen MR) is 67.0 cm³/mol. The third kappa shape index (κ3) is 2.42. The van der Waals surface area contributed by atoms with Gasteiger partial charge in [0.15, 0.2) is 0 Å². The number of nitrogens with zero attached hydrogens (tertiary/aromatic N) is 6. The molecular formula is C13H10N6. The molecule has 3 rings (SSSR count). The quantitative estimate of drug-likeness (QED) is 0.696. The molecule has 3 aromatic rings. The van der Waals surface area contributed by atoms with Crippen LogP contribution in [0.1, 0.15) is 23.0 Å². The molecule has 3 heterocycles. The molecule has 19 heavy (non-hydrogen) atoms. The van der Waals surface area contributed by atoms with Crippen LogP contribution in [-0.4, -0.2) is 29.9 Å². The van der Waals surface area contributed by atoms with E-state index in [0.717, 1.165) is 17.1 Å². The highest BCUT2D eigenvalue weighted by Crippen LogP contribution is 2.25. The molecule has 6 heteroatoms. The van der Waals surface area contributed by atoms with Crippen LogP contribution in [0.25, 0.3) is 0 Å². The molecule has 0 bridgehead atoms. The molecule has 0 aliphatic rings. The third-order valence-electron chi connectivity index (χ3n) is 2.64. The van der Waals surface area contributed by atoms with Crippen molar-refractivity contribution in [2.75, 3.05) is 0 Å². The van der Waals surface area contributed by atoms with Crippen molar-refractivity contribution in [2.24, 2.45) is 0 Å². The Morgan fingerprint density at radius 1 is 0.526 bits per heavy atom. The van der Waals surface area contributed by atoms with E-state index in [0.29, 0.717) is 0 Å². The molecule has 0 aliphatic carbocycles. The van der Waals surface area contributed by atoms with Crippen LogP contribution >= 0.6 is 0 Å². The molecule has 0 N–H and O–H groups in total. The summed E-state index contributed by atoms with van der Waals surface area (Å²) < 4.78 is 0. The molecule has 0 saturated heterocycles. The van der Waals surface area contributed by atoms with E-state index >= 15 is 0 Å². The van der Waals surface area contributed by atoms with Gasteiger partial charge in [-0.25, -0.2) is 0 Å². The summed E-state index contributed by atoms with van der Waals surface area (Å²) in [5, 5.41) is 0. The maximum Gasteiger partial charge on any atom is 0.0904 e. The fraction of sp³-hybridized carbons (Fsp3) is 0.0769. The number of aromatic nitrogens is 6. The average molecular weight is 250 g/mol. The fourth-order valence-electron chi connectivity index (χ4n) is 1.83. The van der Waals surface area contributed by atoms with E-state index in [2.05, 4.69) is 29.9 Å². The first-order chi connectivity index (χ1) is 9.45. The zero-order valence-corrected chi connectivity index (χ0v) is 9.96. The Morgan fingerprint density at radius 2 is 0.895 bits per heavy atom. The zero-order valence-electron chi connectivity index (χ0n) is 9.96. The monoisotopic (exact) mass is 250 g/mol. The van der Waals surface area contributed by atoms with Crippen LogP contribution in [-0.2, 0) is 0 Å². The van der Waals surface area contributed by atoms with Crippen molar-refractivity contribution in [3.8, 4) is 0 Å². The predicted octanol–water partition coefficient (Wildman–Crippen LogP) is 1.24. The van der Waals surface area contributed by atoms with Crippen molar-refractivity contribution in [3.05, 3.63) is 72.9 Å². The largest absolute Gasteiger partial charge is 0.261 e. The molecule has 0 saturated carbocycles. The molecule has 0 atom stereocenters. The van der Waals surface area contributed by atoms with Crippen molar-refractivity contribution in [1.82, 2.24) is 29.9 Å². The van der Waals surface area contributed by atoms with Gasteiger partial charge in [0.2, 0.25) is 0 Å². The van der Waals surface area contributed by atoms with Gasteiger partial charge >= 0.3 is 0 Å². The minimum Gasteiger partial charge on any atom is -0.261 e. The van der Waals surface area contributed by atoms with Gasteiger partial charge in [-0.3, -0.25) is 29.9 Å². The van der Waals surface area contributed by atoms with Gasteiger partial charge in [0.25, 0.3) is 0 Å². The lowest BCUT2D eigenvalue weighted by molar-refractivity contribution is 0.813. The Hall–Kier alpha value is -2.76. The van der Waals surface area contributed by atoms with Crippen LogP contribution in [0.3, 0.4) is 0 Å². The first-order valence-corrected chi connectivity index (χ1v) is 5.73. The highest BCUT2D eigenvalue weighted by Gasteiger charge is 2.21. The smallest absolute Gasteiger partial charge is 0.0904 e. The van der Waals surface area contributed by atoms with Crippen LogP contribution in [0.15, 0.2) is 55.8 Å². The second-order valence-corrected chi connectivity index (χ2v) is 3.82. The maximum atomic E-state index is 4.33. The van der Waals surface area contributed by atoms with Crippen molar-refractivity contribution < 1.29 is 0 Å². The lowest BCUT2D eigenvalue weighted by Crippen LogP contribution is -2.10. The van der Waals surface area contributed by atoms with E-state index in [1.54, 1.807) is 55.8 Å². The SMILES string of the molecule is c1cnc(C(c2cnccn2)c2cnccn2)cn1. The summed E-state index contributed by atoms with van der Waals surface area (Å²) in [5.41, 5.74) is 2.30. The zero-order chi connectivity index (χ0) is 12.9. The molecule has 0 unspecified atom stereocenters. The van der Waals surface area contributed by atoms with Crippen LogP contribution in [0.5, 0.6) is 0 Å². The van der Waals surface area contributed by atoms with E-state index in [1.807, 2.05) is 0 Å². The summed E-state index contributed by atoms with van der Waals surface area (Å²) in [4.78, 5) is 25.3. The Labute approximate surface area is 109 Å². The summed E-state index contributed by atoms with van der Waals surface area (Å²) in [6, 6.07) is 0. The lowest BCUT2D eigenvalue weighted by Gasteiger charge is -2.13. The Balaban J connectivity index is 2.12. The Bertz CT molecular complexity index is 535. The van der Waals surface area contributed by atoms with Gasteiger partial charge in [-0.15, -0.1) is 0 Å². The third-order valence-corrected chi connectivity index (χ3v) is 2.64. The molecule has 6 nitrogen and oxygen atoms in total. The number of hydrogen-bond acceptors (Lipinski definition) is 6. The minimum absolute atomic E-state index is 0.212. The number of hydrogen-bond donors (Lipinski definition) is 0. The van der Waals surface area contributed by atoms with E-state index in [4.69, 9.17) is 0 Å². The fourth-order valence-corrected chi connectivity index (χ4v) is 1.83. The maximum absolute atomic E-state index is 4.33. The van der Waals surface area contributed by atoms with Crippen molar-refractivity contribution in [1.29, 1.82) is 0 Å². The second kappa shape index (κ2) is 5.26. The molecule has 3 aromatic heterocycles. The Kier molecular flexibility index (Phi) is 3.14. The Morgan fingerprint density at radius 3 is 1.16 bits per heavy atom. The lowest BCUT2D eigenvalue weighted by atomic mass is 9.98. The van der Waals surface area contributed by atoms with Gasteiger partial charge in [-0.1, -0.05) is 0 Å². The van der Waals surface area contributed by atoms with Crippen molar-refractivity contribution in [2.45, 2.75) is 5.92 Å². The molecule has 0 radical (unpaired) electrons.